The molecule has 150 valence electrons. The van der Waals surface area contributed by atoms with Crippen LogP contribution in [-0.2, 0) is 6.42 Å². The van der Waals surface area contributed by atoms with Crippen LogP contribution in [0.15, 0.2) is 66.7 Å². The van der Waals surface area contributed by atoms with Gasteiger partial charge in [-0.15, -0.1) is 0 Å². The third-order valence-electron chi connectivity index (χ3n) is 5.72. The fourth-order valence-electron chi connectivity index (χ4n) is 3.89. The summed E-state index contributed by atoms with van der Waals surface area (Å²) >= 11 is 0. The minimum absolute atomic E-state index is 0.0298. The van der Waals surface area contributed by atoms with E-state index in [1.54, 1.807) is 4.90 Å². The molecule has 2 heterocycles. The van der Waals surface area contributed by atoms with E-state index in [2.05, 4.69) is 6.92 Å². The molecule has 0 N–H and O–H groups in total. The number of carbonyl (C=O) groups is 1. The number of fused-ring (bicyclic) bond motifs is 1. The predicted molar refractivity (Wildman–Crippen MR) is 119 cm³/mol. The smallest absolute Gasteiger partial charge is 0.258 e. The van der Waals surface area contributed by atoms with Crippen molar-refractivity contribution in [2.45, 2.75) is 32.1 Å². The maximum absolute atomic E-state index is 13.6. The summed E-state index contributed by atoms with van der Waals surface area (Å²) in [5, 5.41) is 5.85. The van der Waals surface area contributed by atoms with Crippen molar-refractivity contribution < 1.29 is 4.79 Å². The lowest BCUT2D eigenvalue weighted by molar-refractivity contribution is 0.0994. The van der Waals surface area contributed by atoms with Crippen LogP contribution in [0, 0.1) is 0 Å². The average molecular weight is 396 g/mol. The van der Waals surface area contributed by atoms with Gasteiger partial charge in [0, 0.05) is 24.3 Å². The highest BCUT2D eigenvalue weighted by Gasteiger charge is 2.33. The van der Waals surface area contributed by atoms with Gasteiger partial charge < -0.3 is 4.90 Å². The molecule has 1 amide bonds. The first-order chi connectivity index (χ1) is 14.7. The van der Waals surface area contributed by atoms with E-state index in [1.165, 1.54) is 0 Å². The van der Waals surface area contributed by atoms with Gasteiger partial charge in [-0.05, 0) is 49.6 Å². The van der Waals surface area contributed by atoms with Crippen LogP contribution in [-0.4, -0.2) is 27.7 Å². The molecular formula is C25H24N4O. The SMILES string of the molecule is CCc1cc(C(=O)N(C)c2ccccc2)c2c(C3CC3)nn(-c3ccccc3)c2n1. The second-order valence-electron chi connectivity index (χ2n) is 7.82. The molecule has 5 heteroatoms. The molecule has 0 atom stereocenters. The van der Waals surface area contributed by atoms with Gasteiger partial charge in [-0.25, -0.2) is 9.67 Å². The first kappa shape index (κ1) is 18.6. The van der Waals surface area contributed by atoms with Crippen LogP contribution in [0.2, 0.25) is 0 Å². The number of carbonyl (C=O) groups excluding carboxylic acids is 1. The molecule has 0 bridgehead atoms. The van der Waals surface area contributed by atoms with Crippen molar-refractivity contribution in [3.05, 3.63) is 83.7 Å². The molecule has 4 aromatic rings. The molecule has 5 nitrogen and oxygen atoms in total. The third kappa shape index (κ3) is 3.16. The molecule has 0 aliphatic heterocycles. The Hall–Kier alpha value is -3.47. The van der Waals surface area contributed by atoms with Crippen molar-refractivity contribution in [3.8, 4) is 5.69 Å². The third-order valence-corrected chi connectivity index (χ3v) is 5.72. The van der Waals surface area contributed by atoms with Crippen molar-refractivity contribution >= 4 is 22.6 Å². The van der Waals surface area contributed by atoms with Crippen molar-refractivity contribution in [1.29, 1.82) is 0 Å². The molecule has 0 spiro atoms. The molecular weight excluding hydrogens is 372 g/mol. The van der Waals surface area contributed by atoms with Crippen LogP contribution < -0.4 is 4.90 Å². The molecule has 30 heavy (non-hydrogen) atoms. The van der Waals surface area contributed by atoms with Gasteiger partial charge in [0.1, 0.15) is 0 Å². The Balaban J connectivity index is 1.74. The Morgan fingerprint density at radius 2 is 1.73 bits per heavy atom. The number of amides is 1. The summed E-state index contributed by atoms with van der Waals surface area (Å²) in [4.78, 5) is 20.2. The Kier molecular flexibility index (Phi) is 4.58. The number of benzene rings is 2. The Bertz CT molecular complexity index is 1210. The lowest BCUT2D eigenvalue weighted by Crippen LogP contribution is -2.26. The second kappa shape index (κ2) is 7.41. The zero-order chi connectivity index (χ0) is 20.7. The van der Waals surface area contributed by atoms with E-state index >= 15 is 0 Å². The minimum Gasteiger partial charge on any atom is -0.311 e. The highest BCUT2D eigenvalue weighted by Crippen LogP contribution is 2.44. The van der Waals surface area contributed by atoms with E-state index in [-0.39, 0.29) is 5.91 Å². The van der Waals surface area contributed by atoms with Crippen molar-refractivity contribution in [2.75, 3.05) is 11.9 Å². The van der Waals surface area contributed by atoms with Crippen LogP contribution in [0.3, 0.4) is 0 Å². The second-order valence-corrected chi connectivity index (χ2v) is 7.82. The summed E-state index contributed by atoms with van der Waals surface area (Å²) in [5.41, 5.74) is 5.18. The van der Waals surface area contributed by atoms with Crippen molar-refractivity contribution in [2.24, 2.45) is 0 Å². The number of aromatic nitrogens is 3. The Labute approximate surface area is 176 Å². The highest BCUT2D eigenvalue weighted by molar-refractivity contribution is 6.14. The molecule has 1 aliphatic carbocycles. The maximum Gasteiger partial charge on any atom is 0.258 e. The van der Waals surface area contributed by atoms with E-state index in [1.807, 2.05) is 78.5 Å². The van der Waals surface area contributed by atoms with E-state index in [0.29, 0.717) is 11.5 Å². The zero-order valence-corrected chi connectivity index (χ0v) is 17.2. The predicted octanol–water partition coefficient (Wildman–Crippen LogP) is 5.14. The van der Waals surface area contributed by atoms with E-state index in [0.717, 1.165) is 53.1 Å². The Morgan fingerprint density at radius 1 is 1.07 bits per heavy atom. The largest absolute Gasteiger partial charge is 0.311 e. The maximum atomic E-state index is 13.6. The number of hydrogen-bond acceptors (Lipinski definition) is 3. The molecule has 0 unspecified atom stereocenters. The molecule has 1 aliphatic rings. The summed E-state index contributed by atoms with van der Waals surface area (Å²) in [6.45, 7) is 2.06. The van der Waals surface area contributed by atoms with Gasteiger partial charge in [0.25, 0.3) is 5.91 Å². The lowest BCUT2D eigenvalue weighted by atomic mass is 10.0. The highest BCUT2D eigenvalue weighted by atomic mass is 16.2. The summed E-state index contributed by atoms with van der Waals surface area (Å²) in [5.74, 6) is 0.373. The number of aryl methyl sites for hydroxylation is 1. The first-order valence-electron chi connectivity index (χ1n) is 10.5. The van der Waals surface area contributed by atoms with Gasteiger partial charge in [-0.2, -0.15) is 5.10 Å². The lowest BCUT2D eigenvalue weighted by Gasteiger charge is -2.18. The minimum atomic E-state index is -0.0298. The number of rotatable bonds is 5. The molecule has 2 aromatic heterocycles. The summed E-state index contributed by atoms with van der Waals surface area (Å²) < 4.78 is 1.90. The molecule has 0 radical (unpaired) electrons. The Morgan fingerprint density at radius 3 is 2.37 bits per heavy atom. The molecule has 2 aromatic carbocycles. The van der Waals surface area contributed by atoms with Gasteiger partial charge in [-0.1, -0.05) is 43.3 Å². The summed E-state index contributed by atoms with van der Waals surface area (Å²) in [6, 6.07) is 21.7. The number of nitrogens with zero attached hydrogens (tertiary/aromatic N) is 4. The van der Waals surface area contributed by atoms with Crippen LogP contribution in [0.1, 0.15) is 47.4 Å². The van der Waals surface area contributed by atoms with E-state index in [4.69, 9.17) is 10.1 Å². The topological polar surface area (TPSA) is 51.0 Å². The standard InChI is InChI=1S/C25H24N4O/c1-3-18-16-21(25(30)28(2)19-10-6-4-7-11-19)22-23(17-14-15-17)27-29(24(22)26-18)20-12-8-5-9-13-20/h4-13,16-17H,3,14-15H2,1-2H3. The van der Waals surface area contributed by atoms with E-state index < -0.39 is 0 Å². The van der Waals surface area contributed by atoms with Crippen LogP contribution in [0.5, 0.6) is 0 Å². The van der Waals surface area contributed by atoms with Gasteiger partial charge >= 0.3 is 0 Å². The first-order valence-corrected chi connectivity index (χ1v) is 10.5. The van der Waals surface area contributed by atoms with Crippen LogP contribution in [0.4, 0.5) is 5.69 Å². The average Bonchev–Trinajstić information content (AvgIpc) is 3.58. The quantitative estimate of drug-likeness (QED) is 0.469. The zero-order valence-electron chi connectivity index (χ0n) is 17.2. The number of para-hydroxylation sites is 2. The molecule has 1 fully saturated rings. The van der Waals surface area contributed by atoms with Gasteiger partial charge in [-0.3, -0.25) is 4.79 Å². The van der Waals surface area contributed by atoms with Crippen molar-refractivity contribution in [1.82, 2.24) is 14.8 Å². The molecule has 1 saturated carbocycles. The van der Waals surface area contributed by atoms with Crippen LogP contribution in [0.25, 0.3) is 16.7 Å². The summed E-state index contributed by atoms with van der Waals surface area (Å²) in [6.07, 6.45) is 2.97. The fourth-order valence-corrected chi connectivity index (χ4v) is 3.89. The van der Waals surface area contributed by atoms with Gasteiger partial charge in [0.15, 0.2) is 5.65 Å². The van der Waals surface area contributed by atoms with E-state index in [9.17, 15) is 4.79 Å². The number of hydrogen-bond donors (Lipinski definition) is 0. The van der Waals surface area contributed by atoms with Gasteiger partial charge in [0.2, 0.25) is 0 Å². The summed E-state index contributed by atoms with van der Waals surface area (Å²) in [7, 11) is 1.83. The molecule has 5 rings (SSSR count). The number of pyridine rings is 1. The van der Waals surface area contributed by atoms with Crippen LogP contribution >= 0.6 is 0 Å². The molecule has 0 saturated heterocycles. The fraction of sp³-hybridized carbons (Fsp3) is 0.240. The monoisotopic (exact) mass is 396 g/mol. The van der Waals surface area contributed by atoms with Crippen molar-refractivity contribution in [3.63, 3.8) is 0 Å². The normalized spacial score (nSPS) is 13.5. The number of anilines is 1. The van der Waals surface area contributed by atoms with Gasteiger partial charge in [0.05, 0.1) is 22.3 Å².